The van der Waals surface area contributed by atoms with Gasteiger partial charge >= 0.3 is 12.0 Å². The Balaban J connectivity index is 1.63. The largest absolute Gasteiger partial charge is 0.463 e. The molecule has 134 valence electrons. The van der Waals surface area contributed by atoms with Crippen molar-refractivity contribution >= 4 is 17.9 Å². The van der Waals surface area contributed by atoms with Crippen molar-refractivity contribution in [2.45, 2.75) is 31.3 Å². The van der Waals surface area contributed by atoms with Crippen molar-refractivity contribution in [3.63, 3.8) is 0 Å². The van der Waals surface area contributed by atoms with Gasteiger partial charge in [-0.15, -0.1) is 0 Å². The van der Waals surface area contributed by atoms with E-state index in [4.69, 9.17) is 4.42 Å². The minimum Gasteiger partial charge on any atom is -0.463 e. The van der Waals surface area contributed by atoms with Gasteiger partial charge in [0, 0.05) is 0 Å². The maximum absolute atomic E-state index is 13.2. The Morgan fingerprint density at radius 2 is 2.08 bits per heavy atom. The van der Waals surface area contributed by atoms with Crippen molar-refractivity contribution < 1.29 is 23.5 Å². The molecule has 1 aromatic heterocycles. The summed E-state index contributed by atoms with van der Waals surface area (Å²) >= 11 is 0. The van der Waals surface area contributed by atoms with Crippen LogP contribution in [0.2, 0.25) is 0 Å². The van der Waals surface area contributed by atoms with Crippen LogP contribution in [-0.2, 0) is 28.0 Å². The lowest BCUT2D eigenvalue weighted by molar-refractivity contribution is -0.132. The fourth-order valence-corrected chi connectivity index (χ4v) is 3.78. The van der Waals surface area contributed by atoms with Crippen LogP contribution in [-0.4, -0.2) is 29.9 Å². The molecule has 0 bridgehead atoms. The molecule has 1 aliphatic carbocycles. The van der Waals surface area contributed by atoms with E-state index >= 15 is 0 Å². The van der Waals surface area contributed by atoms with Gasteiger partial charge in [0.15, 0.2) is 0 Å². The lowest BCUT2D eigenvalue weighted by Crippen LogP contribution is -2.46. The van der Waals surface area contributed by atoms with E-state index in [0.29, 0.717) is 12.2 Å². The van der Waals surface area contributed by atoms with E-state index in [-0.39, 0.29) is 18.2 Å². The summed E-state index contributed by atoms with van der Waals surface area (Å²) in [5.74, 6) is -0.515. The molecule has 1 N–H and O–H groups in total. The van der Waals surface area contributed by atoms with Crippen LogP contribution >= 0.6 is 0 Å². The van der Waals surface area contributed by atoms with Crippen molar-refractivity contribution in [3.8, 4) is 0 Å². The van der Waals surface area contributed by atoms with E-state index in [0.717, 1.165) is 28.9 Å². The number of methoxy groups -OCH3 is 1. The van der Waals surface area contributed by atoms with E-state index in [1.807, 2.05) is 24.3 Å². The lowest BCUT2D eigenvalue weighted by atomic mass is 9.76. The molecule has 0 radical (unpaired) electrons. The van der Waals surface area contributed by atoms with Crippen molar-refractivity contribution in [1.29, 1.82) is 0 Å². The second-order valence-corrected chi connectivity index (χ2v) is 6.50. The zero-order valence-electron chi connectivity index (χ0n) is 14.3. The summed E-state index contributed by atoms with van der Waals surface area (Å²) in [4.78, 5) is 38.3. The van der Waals surface area contributed by atoms with Gasteiger partial charge in [-0.05, 0) is 42.5 Å². The lowest BCUT2D eigenvalue weighted by Gasteiger charge is -2.33. The van der Waals surface area contributed by atoms with Crippen LogP contribution in [0.5, 0.6) is 0 Å². The number of hydrogen-bond donors (Lipinski definition) is 1. The van der Waals surface area contributed by atoms with Gasteiger partial charge < -0.3 is 14.5 Å². The van der Waals surface area contributed by atoms with Crippen LogP contribution in [0.15, 0.2) is 40.8 Å². The fourth-order valence-electron chi connectivity index (χ4n) is 3.78. The third-order valence-corrected chi connectivity index (χ3v) is 5.01. The summed E-state index contributed by atoms with van der Waals surface area (Å²) in [7, 11) is 1.26. The fraction of sp³-hybridized carbons (Fsp3) is 0.316. The Kier molecular flexibility index (Phi) is 3.79. The summed E-state index contributed by atoms with van der Waals surface area (Å²) in [6.07, 6.45) is 2.28. The highest BCUT2D eigenvalue weighted by atomic mass is 16.5. The van der Waals surface area contributed by atoms with Crippen LogP contribution in [0.1, 0.15) is 40.3 Å². The normalized spacial score (nSPS) is 21.7. The van der Waals surface area contributed by atoms with Crippen LogP contribution in [0.4, 0.5) is 4.79 Å². The number of nitrogens with zero attached hydrogens (tertiary/aromatic N) is 1. The standard InChI is InChI=1S/C19H18N2O5/c1-25-16(22)15-9-8-13(26-15)11-21-17(23)19(20-18(21)24)10-4-6-12-5-2-3-7-14(12)19/h2-3,5,7-9H,4,6,10-11H2,1H3,(H,20,24)/t19-/m1/s1. The topological polar surface area (TPSA) is 88.9 Å². The Hall–Kier alpha value is -3.09. The van der Waals surface area contributed by atoms with Gasteiger partial charge in [-0.1, -0.05) is 24.3 Å². The number of urea groups is 1. The van der Waals surface area contributed by atoms with Crippen LogP contribution < -0.4 is 5.32 Å². The number of amides is 3. The first-order chi connectivity index (χ1) is 12.5. The number of carbonyl (C=O) groups is 3. The third kappa shape index (κ3) is 2.39. The number of imide groups is 1. The van der Waals surface area contributed by atoms with E-state index in [9.17, 15) is 14.4 Å². The van der Waals surface area contributed by atoms with E-state index in [2.05, 4.69) is 10.1 Å². The summed E-state index contributed by atoms with van der Waals surface area (Å²) in [6, 6.07) is 10.3. The Bertz CT molecular complexity index is 903. The second-order valence-electron chi connectivity index (χ2n) is 6.50. The van der Waals surface area contributed by atoms with Crippen LogP contribution in [0, 0.1) is 0 Å². The molecule has 1 fully saturated rings. The molecular weight excluding hydrogens is 336 g/mol. The van der Waals surface area contributed by atoms with Gasteiger partial charge in [0.25, 0.3) is 5.91 Å². The summed E-state index contributed by atoms with van der Waals surface area (Å²) in [5.41, 5.74) is 0.936. The monoisotopic (exact) mass is 354 g/mol. The van der Waals surface area contributed by atoms with E-state index in [1.54, 1.807) is 6.07 Å². The SMILES string of the molecule is COC(=O)c1ccc(CN2C(=O)N[C@@]3(CCCc4ccccc43)C2=O)o1. The first-order valence-corrected chi connectivity index (χ1v) is 8.45. The highest BCUT2D eigenvalue weighted by molar-refractivity contribution is 6.07. The molecule has 1 aliphatic heterocycles. The number of ether oxygens (including phenoxy) is 1. The third-order valence-electron chi connectivity index (χ3n) is 5.01. The number of hydrogen-bond acceptors (Lipinski definition) is 5. The molecule has 1 aromatic carbocycles. The van der Waals surface area contributed by atoms with E-state index < -0.39 is 17.5 Å². The van der Waals surface area contributed by atoms with Gasteiger partial charge in [0.05, 0.1) is 13.7 Å². The maximum Gasteiger partial charge on any atom is 0.373 e. The number of fused-ring (bicyclic) bond motifs is 2. The van der Waals surface area contributed by atoms with Gasteiger partial charge in [0.1, 0.15) is 11.3 Å². The van der Waals surface area contributed by atoms with Crippen molar-refractivity contribution in [3.05, 3.63) is 59.0 Å². The minimum absolute atomic E-state index is 0.0345. The zero-order chi connectivity index (χ0) is 18.3. The number of furan rings is 1. The molecule has 0 saturated carbocycles. The van der Waals surface area contributed by atoms with Gasteiger partial charge in [-0.25, -0.2) is 9.59 Å². The van der Waals surface area contributed by atoms with Gasteiger partial charge in [-0.3, -0.25) is 9.69 Å². The minimum atomic E-state index is -1.01. The maximum atomic E-state index is 13.2. The molecule has 1 spiro atoms. The Labute approximate surface area is 149 Å². The molecule has 1 atom stereocenters. The number of carbonyl (C=O) groups excluding carboxylic acids is 3. The molecule has 2 aromatic rings. The van der Waals surface area contributed by atoms with Crippen LogP contribution in [0.3, 0.4) is 0 Å². The van der Waals surface area contributed by atoms with E-state index in [1.165, 1.54) is 13.2 Å². The molecular formula is C19H18N2O5. The van der Waals surface area contributed by atoms with Crippen molar-refractivity contribution in [2.24, 2.45) is 0 Å². The smallest absolute Gasteiger partial charge is 0.373 e. The highest BCUT2D eigenvalue weighted by Crippen LogP contribution is 2.40. The van der Waals surface area contributed by atoms with Gasteiger partial charge in [0.2, 0.25) is 5.76 Å². The second kappa shape index (κ2) is 6.01. The summed E-state index contributed by atoms with van der Waals surface area (Å²) in [5, 5.41) is 2.89. The number of nitrogens with one attached hydrogen (secondary N) is 1. The predicted molar refractivity (Wildman–Crippen MR) is 90.2 cm³/mol. The predicted octanol–water partition coefficient (Wildman–Crippen LogP) is 2.35. The molecule has 4 rings (SSSR count). The molecule has 7 heteroatoms. The first kappa shape index (κ1) is 16.4. The average Bonchev–Trinajstić information content (AvgIpc) is 3.21. The first-order valence-electron chi connectivity index (χ1n) is 8.45. The van der Waals surface area contributed by atoms with Gasteiger partial charge in [-0.2, -0.15) is 0 Å². The molecule has 0 unspecified atom stereocenters. The molecule has 7 nitrogen and oxygen atoms in total. The molecule has 2 heterocycles. The number of aryl methyl sites for hydroxylation is 1. The summed E-state index contributed by atoms with van der Waals surface area (Å²) in [6.45, 7) is -0.0361. The molecule has 1 saturated heterocycles. The quantitative estimate of drug-likeness (QED) is 0.675. The number of rotatable bonds is 3. The Morgan fingerprint density at radius 1 is 1.27 bits per heavy atom. The average molecular weight is 354 g/mol. The summed E-state index contributed by atoms with van der Waals surface area (Å²) < 4.78 is 9.99. The molecule has 26 heavy (non-hydrogen) atoms. The van der Waals surface area contributed by atoms with Crippen molar-refractivity contribution in [2.75, 3.05) is 7.11 Å². The number of benzene rings is 1. The molecule has 2 aliphatic rings. The van der Waals surface area contributed by atoms with Crippen LogP contribution in [0.25, 0.3) is 0 Å². The zero-order valence-corrected chi connectivity index (χ0v) is 14.3. The number of esters is 1. The molecule has 3 amide bonds. The highest BCUT2D eigenvalue weighted by Gasteiger charge is 2.53. The Morgan fingerprint density at radius 3 is 2.88 bits per heavy atom. The van der Waals surface area contributed by atoms with Crippen molar-refractivity contribution in [1.82, 2.24) is 10.2 Å².